The molecule has 1 N–H and O–H groups in total. The molecule has 12 heteroatoms. The van der Waals surface area contributed by atoms with Gasteiger partial charge in [-0.1, -0.05) is 42.5 Å². The molecule has 2 saturated heterocycles. The van der Waals surface area contributed by atoms with E-state index in [0.29, 0.717) is 23.5 Å². The minimum Gasteiger partial charge on any atom is -0.339 e. The molecule has 0 aliphatic carbocycles. The Hall–Kier alpha value is -3.48. The number of hydrogen-bond acceptors (Lipinski definition) is 8. The van der Waals surface area contributed by atoms with Crippen molar-refractivity contribution in [2.45, 2.75) is 35.2 Å². The van der Waals surface area contributed by atoms with Crippen LogP contribution in [0.25, 0.3) is 0 Å². The molecule has 0 saturated carbocycles. The molecule has 3 aromatic rings. The third kappa shape index (κ3) is 6.24. The maximum absolute atomic E-state index is 13.9. The number of nitrogens with zero attached hydrogens (tertiary/aromatic N) is 2. The fraction of sp³-hybridized carbons (Fsp3) is 0.310. The minimum absolute atomic E-state index is 0.00596. The van der Waals surface area contributed by atoms with E-state index in [4.69, 9.17) is 0 Å². The van der Waals surface area contributed by atoms with Crippen molar-refractivity contribution in [3.8, 4) is 0 Å². The average Bonchev–Trinajstić information content (AvgIpc) is 3.71. The maximum atomic E-state index is 13.9. The minimum atomic E-state index is -3.68. The second-order valence-electron chi connectivity index (χ2n) is 10.0. The van der Waals surface area contributed by atoms with Crippen molar-refractivity contribution in [3.63, 3.8) is 0 Å². The van der Waals surface area contributed by atoms with Crippen LogP contribution in [0.5, 0.6) is 0 Å². The van der Waals surface area contributed by atoms with E-state index in [1.54, 1.807) is 29.0 Å². The lowest BCUT2D eigenvalue weighted by Gasteiger charge is -2.28. The van der Waals surface area contributed by atoms with E-state index in [1.807, 2.05) is 30.3 Å². The largest absolute Gasteiger partial charge is 0.339 e. The third-order valence-electron chi connectivity index (χ3n) is 7.27. The predicted octanol–water partition coefficient (Wildman–Crippen LogP) is 2.88. The van der Waals surface area contributed by atoms with Crippen molar-refractivity contribution in [2.24, 2.45) is 0 Å². The van der Waals surface area contributed by atoms with Crippen LogP contribution in [0.4, 0.5) is 0 Å². The van der Waals surface area contributed by atoms with Crippen LogP contribution in [0.15, 0.2) is 76.3 Å². The molecule has 5 rings (SSSR count). The first-order valence-corrected chi connectivity index (χ1v) is 17.0. The zero-order valence-electron chi connectivity index (χ0n) is 22.3. The number of thiophene rings is 1. The summed E-state index contributed by atoms with van der Waals surface area (Å²) in [5.74, 6) is -0.636. The Morgan fingerprint density at radius 1 is 1.05 bits per heavy atom. The maximum Gasteiger partial charge on any atom is 0.255 e. The highest BCUT2D eigenvalue weighted by molar-refractivity contribution is 7.98. The number of amides is 3. The molecule has 0 spiro atoms. The van der Waals surface area contributed by atoms with E-state index in [9.17, 15) is 27.6 Å². The number of nitrogens with one attached hydrogen (secondary N) is 1. The van der Waals surface area contributed by atoms with Gasteiger partial charge in [0, 0.05) is 29.7 Å². The molecule has 0 bridgehead atoms. The number of carbonyl (C=O) groups excluding carboxylic acids is 4. The molecule has 2 aliphatic rings. The Labute approximate surface area is 246 Å². The smallest absolute Gasteiger partial charge is 0.255 e. The van der Waals surface area contributed by atoms with Gasteiger partial charge in [-0.25, -0.2) is 8.42 Å². The van der Waals surface area contributed by atoms with Gasteiger partial charge in [0.15, 0.2) is 15.6 Å². The Balaban J connectivity index is 1.34. The normalized spacial score (nSPS) is 19.2. The fourth-order valence-corrected chi connectivity index (χ4v) is 7.86. The lowest BCUT2D eigenvalue weighted by atomic mass is 10.1. The van der Waals surface area contributed by atoms with Gasteiger partial charge in [-0.2, -0.15) is 23.1 Å². The van der Waals surface area contributed by atoms with E-state index >= 15 is 0 Å². The quantitative estimate of drug-likeness (QED) is 0.395. The average molecular weight is 612 g/mol. The topological polar surface area (TPSA) is 121 Å². The number of benzene rings is 2. The van der Waals surface area contributed by atoms with Gasteiger partial charge in [-0.05, 0) is 35.6 Å². The van der Waals surface area contributed by atoms with Gasteiger partial charge in [0.1, 0.15) is 12.1 Å². The number of rotatable bonds is 9. The van der Waals surface area contributed by atoms with Crippen LogP contribution in [0.3, 0.4) is 0 Å². The zero-order chi connectivity index (χ0) is 29.1. The van der Waals surface area contributed by atoms with Gasteiger partial charge in [-0.15, -0.1) is 0 Å². The molecule has 0 radical (unpaired) electrons. The van der Waals surface area contributed by atoms with Gasteiger partial charge in [0.2, 0.25) is 5.91 Å². The summed E-state index contributed by atoms with van der Waals surface area (Å²) in [6, 6.07) is 15.1. The van der Waals surface area contributed by atoms with Crippen molar-refractivity contribution in [1.29, 1.82) is 0 Å². The summed E-state index contributed by atoms with van der Waals surface area (Å²) in [5, 5.41) is 6.35. The number of Topliss-reactive ketones (excluding diaryl/α,β-unsaturated/α-hetero) is 1. The lowest BCUT2D eigenvalue weighted by molar-refractivity contribution is -0.137. The number of hydrogen-bond donors (Lipinski definition) is 1. The summed E-state index contributed by atoms with van der Waals surface area (Å²) < 4.78 is 24.6. The Bertz CT molecular complexity index is 1560. The van der Waals surface area contributed by atoms with Crippen LogP contribution in [0.2, 0.25) is 0 Å². The number of carbonyl (C=O) groups is 4. The first kappa shape index (κ1) is 29.0. The molecule has 41 heavy (non-hydrogen) atoms. The van der Waals surface area contributed by atoms with Crippen molar-refractivity contribution >= 4 is 56.4 Å². The molecular formula is C29H29N3O6S3. The lowest BCUT2D eigenvalue weighted by Crippen LogP contribution is -2.53. The molecule has 1 aromatic heterocycles. The van der Waals surface area contributed by atoms with Gasteiger partial charge in [-0.3, -0.25) is 19.2 Å². The summed E-state index contributed by atoms with van der Waals surface area (Å²) in [6.07, 6.45) is 1.41. The van der Waals surface area contributed by atoms with Crippen LogP contribution in [-0.2, 0) is 25.2 Å². The SMILES string of the molecule is CS(=O)(=O)c1ccccc1C(=O)N1CC(=O)[C@@H]2[C@H]1CCN2C(=O)[C@H](CSCc1ccccc1)NC(=O)c1ccsc1. The Morgan fingerprint density at radius 3 is 2.49 bits per heavy atom. The summed E-state index contributed by atoms with van der Waals surface area (Å²) in [5.41, 5.74) is 1.55. The van der Waals surface area contributed by atoms with E-state index in [0.717, 1.165) is 11.8 Å². The van der Waals surface area contributed by atoms with Crippen LogP contribution < -0.4 is 5.32 Å². The van der Waals surface area contributed by atoms with Crippen LogP contribution in [0, 0.1) is 0 Å². The molecule has 9 nitrogen and oxygen atoms in total. The summed E-state index contributed by atoms with van der Waals surface area (Å²) in [7, 11) is -3.68. The van der Waals surface area contributed by atoms with Gasteiger partial charge < -0.3 is 15.1 Å². The molecule has 3 atom stereocenters. The summed E-state index contributed by atoms with van der Waals surface area (Å²) in [4.78, 5) is 56.3. The molecular weight excluding hydrogens is 583 g/mol. The van der Waals surface area contributed by atoms with Crippen molar-refractivity contribution in [3.05, 3.63) is 88.1 Å². The van der Waals surface area contributed by atoms with Crippen LogP contribution in [0.1, 0.15) is 32.7 Å². The van der Waals surface area contributed by atoms with Crippen molar-refractivity contribution in [1.82, 2.24) is 15.1 Å². The molecule has 2 aliphatic heterocycles. The van der Waals surface area contributed by atoms with Gasteiger partial charge in [0.25, 0.3) is 11.8 Å². The molecule has 3 amide bonds. The highest BCUT2D eigenvalue weighted by atomic mass is 32.2. The molecule has 2 fully saturated rings. The first-order chi connectivity index (χ1) is 19.6. The molecule has 0 unspecified atom stereocenters. The fourth-order valence-electron chi connectivity index (χ4n) is 5.34. The summed E-state index contributed by atoms with van der Waals surface area (Å²) >= 11 is 2.89. The number of sulfone groups is 1. The standard InChI is InChI=1S/C29H29N3O6S3/c1-41(37,38)25-10-6-5-9-21(25)28(35)32-15-24(33)26-23(32)11-13-31(26)29(36)22(30-27(34)20-12-14-39-17-20)18-40-16-19-7-3-2-4-8-19/h2-10,12,14,17,22-23,26H,11,13,15-16,18H2,1H3,(H,30,34)/t22-,23+,26-/m0/s1. The molecule has 3 heterocycles. The van der Waals surface area contributed by atoms with E-state index < -0.39 is 33.9 Å². The highest BCUT2D eigenvalue weighted by Crippen LogP contribution is 2.32. The second kappa shape index (κ2) is 12.2. The van der Waals surface area contributed by atoms with Crippen LogP contribution in [-0.4, -0.2) is 84.9 Å². The number of ketones is 1. The van der Waals surface area contributed by atoms with Crippen molar-refractivity contribution in [2.75, 3.05) is 25.1 Å². The summed E-state index contributed by atoms with van der Waals surface area (Å²) in [6.45, 7) is 0.0241. The number of fused-ring (bicyclic) bond motifs is 1. The number of thioether (sulfide) groups is 1. The monoisotopic (exact) mass is 611 g/mol. The van der Waals surface area contributed by atoms with E-state index in [2.05, 4.69) is 5.32 Å². The third-order valence-corrected chi connectivity index (χ3v) is 10.2. The van der Waals surface area contributed by atoms with Crippen LogP contribution >= 0.6 is 23.1 Å². The molecule has 2 aromatic carbocycles. The predicted molar refractivity (Wildman–Crippen MR) is 158 cm³/mol. The van der Waals surface area contributed by atoms with Gasteiger partial charge >= 0.3 is 0 Å². The van der Waals surface area contributed by atoms with Crippen molar-refractivity contribution < 1.29 is 27.6 Å². The zero-order valence-corrected chi connectivity index (χ0v) is 24.7. The Morgan fingerprint density at radius 2 is 1.78 bits per heavy atom. The van der Waals surface area contributed by atoms with E-state index in [1.165, 1.54) is 45.0 Å². The highest BCUT2D eigenvalue weighted by Gasteiger charge is 2.52. The Kier molecular flexibility index (Phi) is 8.62. The van der Waals surface area contributed by atoms with Gasteiger partial charge in [0.05, 0.1) is 28.6 Å². The van der Waals surface area contributed by atoms with E-state index in [-0.39, 0.29) is 41.1 Å². The molecule has 214 valence electrons. The second-order valence-corrected chi connectivity index (χ2v) is 13.8. The number of likely N-dealkylation sites (tertiary alicyclic amines) is 2. The first-order valence-electron chi connectivity index (χ1n) is 13.0.